The molecule has 3 aromatic rings. The topological polar surface area (TPSA) is 88.7 Å². The van der Waals surface area contributed by atoms with Crippen LogP contribution in [0.5, 0.6) is 0 Å². The molecule has 0 amide bonds. The number of nitrogen functional groups attached to an aromatic ring is 1. The van der Waals surface area contributed by atoms with Crippen LogP contribution < -0.4 is 5.73 Å². The summed E-state index contributed by atoms with van der Waals surface area (Å²) in [7, 11) is 0. The van der Waals surface area contributed by atoms with Gasteiger partial charge in [0.05, 0.1) is 6.26 Å². The molecule has 0 saturated carbocycles. The van der Waals surface area contributed by atoms with Crippen molar-refractivity contribution < 1.29 is 4.42 Å². The molecule has 2 aromatic heterocycles. The van der Waals surface area contributed by atoms with Gasteiger partial charge < -0.3 is 10.2 Å². The van der Waals surface area contributed by atoms with Crippen LogP contribution in [-0.4, -0.2) is 9.97 Å². The third-order valence-corrected chi connectivity index (χ3v) is 2.60. The average Bonchev–Trinajstić information content (AvgIpc) is 3.10. The second-order valence-electron chi connectivity index (χ2n) is 4.04. The van der Waals surface area contributed by atoms with E-state index in [1.54, 1.807) is 12.1 Å². The number of anilines is 1. The molecular weight excluding hydrogens is 276 g/mol. The van der Waals surface area contributed by atoms with Gasteiger partial charge in [0.25, 0.3) is 0 Å². The van der Waals surface area contributed by atoms with Crippen LogP contribution in [0.3, 0.4) is 0 Å². The molecule has 0 saturated heterocycles. The van der Waals surface area contributed by atoms with Gasteiger partial charge in [0.15, 0.2) is 5.76 Å². The van der Waals surface area contributed by atoms with Crippen molar-refractivity contribution in [3.8, 4) is 29.9 Å². The fourth-order valence-electron chi connectivity index (χ4n) is 1.66. The van der Waals surface area contributed by atoms with Crippen LogP contribution in [0.1, 0.15) is 11.3 Å². The van der Waals surface area contributed by atoms with E-state index >= 15 is 0 Å². The maximum atomic E-state index is 9.01. The van der Waals surface area contributed by atoms with E-state index < -0.39 is 0 Å². The van der Waals surface area contributed by atoms with Gasteiger partial charge in [0.2, 0.25) is 5.95 Å². The van der Waals surface area contributed by atoms with Crippen LogP contribution in [0.4, 0.5) is 5.95 Å². The summed E-state index contributed by atoms with van der Waals surface area (Å²) in [6.45, 7) is 0. The van der Waals surface area contributed by atoms with Gasteiger partial charge in [-0.1, -0.05) is 36.4 Å². The third-order valence-electron chi connectivity index (χ3n) is 2.60. The smallest absolute Gasteiger partial charge is 0.221 e. The van der Waals surface area contributed by atoms with Crippen molar-refractivity contribution >= 4 is 5.95 Å². The Morgan fingerprint density at radius 2 is 1.68 bits per heavy atom. The molecule has 0 unspecified atom stereocenters. The van der Waals surface area contributed by atoms with Crippen molar-refractivity contribution in [3.63, 3.8) is 0 Å². The first-order valence-electron chi connectivity index (χ1n) is 6.34. The number of terminal acetylenes is 1. The van der Waals surface area contributed by atoms with Gasteiger partial charge in [0.1, 0.15) is 23.0 Å². The summed E-state index contributed by atoms with van der Waals surface area (Å²) in [4.78, 5) is 7.75. The number of rotatable bonds is 1. The molecule has 1 aromatic carbocycles. The van der Waals surface area contributed by atoms with E-state index in [0.717, 1.165) is 0 Å². The van der Waals surface area contributed by atoms with E-state index in [1.165, 1.54) is 6.26 Å². The van der Waals surface area contributed by atoms with Crippen LogP contribution in [-0.2, 0) is 0 Å². The number of hydrogen-bond acceptors (Lipinski definition) is 5. The molecule has 0 aliphatic rings. The zero-order valence-electron chi connectivity index (χ0n) is 11.6. The standard InChI is InChI=1S/C11H6N4O.C6H6/c1-2-8-7(6-12)10(15-11(13)14-8)9-4-3-5-16-9;1-2-4-6-5-3-1/h1,3-5H,(H2,13,14,15);1-6H. The molecule has 5 heteroatoms. The molecule has 106 valence electrons. The number of furan rings is 1. The monoisotopic (exact) mass is 288 g/mol. The van der Waals surface area contributed by atoms with Crippen molar-refractivity contribution in [3.05, 3.63) is 66.1 Å². The molecule has 5 nitrogen and oxygen atoms in total. The van der Waals surface area contributed by atoms with E-state index in [2.05, 4.69) is 15.9 Å². The second kappa shape index (κ2) is 7.28. The zero-order valence-corrected chi connectivity index (χ0v) is 11.6. The number of nitriles is 1. The van der Waals surface area contributed by atoms with Gasteiger partial charge in [-0.25, -0.2) is 9.97 Å². The number of aromatic nitrogens is 2. The summed E-state index contributed by atoms with van der Waals surface area (Å²) in [6.07, 6.45) is 6.72. The van der Waals surface area contributed by atoms with Gasteiger partial charge in [-0.15, -0.1) is 6.42 Å². The highest BCUT2D eigenvalue weighted by Gasteiger charge is 2.15. The van der Waals surface area contributed by atoms with Gasteiger partial charge in [-0.2, -0.15) is 5.26 Å². The molecule has 0 aliphatic heterocycles. The van der Waals surface area contributed by atoms with Crippen molar-refractivity contribution in [1.29, 1.82) is 5.26 Å². The van der Waals surface area contributed by atoms with Gasteiger partial charge >= 0.3 is 0 Å². The minimum Gasteiger partial charge on any atom is -0.463 e. The molecule has 0 atom stereocenters. The van der Waals surface area contributed by atoms with E-state index in [1.807, 2.05) is 42.5 Å². The summed E-state index contributed by atoms with van der Waals surface area (Å²) in [5.41, 5.74) is 6.16. The fraction of sp³-hybridized carbons (Fsp3) is 0. The minimum absolute atomic E-state index is 0.0124. The predicted octanol–water partition coefficient (Wildman–Crippen LogP) is 2.86. The Hall–Kier alpha value is -3.57. The maximum Gasteiger partial charge on any atom is 0.221 e. The normalized spacial score (nSPS) is 9.00. The lowest BCUT2D eigenvalue weighted by Gasteiger charge is -2.02. The number of benzene rings is 1. The molecule has 0 radical (unpaired) electrons. The van der Waals surface area contributed by atoms with E-state index in [-0.39, 0.29) is 17.2 Å². The largest absolute Gasteiger partial charge is 0.463 e. The van der Waals surface area contributed by atoms with E-state index in [0.29, 0.717) is 11.5 Å². The maximum absolute atomic E-state index is 9.01. The SMILES string of the molecule is C#Cc1nc(N)nc(-c2ccco2)c1C#N.c1ccccc1. The first-order chi connectivity index (χ1) is 10.8. The van der Waals surface area contributed by atoms with Gasteiger partial charge in [-0.05, 0) is 18.1 Å². The molecular formula is C17H12N4O. The predicted molar refractivity (Wildman–Crippen MR) is 83.2 cm³/mol. The number of hydrogen-bond donors (Lipinski definition) is 1. The molecule has 0 spiro atoms. The summed E-state index contributed by atoms with van der Waals surface area (Å²) in [6, 6.07) is 17.3. The Bertz CT molecular complexity index is 786. The Morgan fingerprint density at radius 1 is 1.05 bits per heavy atom. The van der Waals surface area contributed by atoms with Crippen molar-refractivity contribution in [2.24, 2.45) is 0 Å². The van der Waals surface area contributed by atoms with E-state index in [9.17, 15) is 0 Å². The third kappa shape index (κ3) is 3.50. The Kier molecular flexibility index (Phi) is 4.90. The van der Waals surface area contributed by atoms with Gasteiger partial charge in [0, 0.05) is 0 Å². The second-order valence-corrected chi connectivity index (χ2v) is 4.04. The Morgan fingerprint density at radius 3 is 2.14 bits per heavy atom. The fourth-order valence-corrected chi connectivity index (χ4v) is 1.66. The zero-order chi connectivity index (χ0) is 15.8. The van der Waals surface area contributed by atoms with Crippen molar-refractivity contribution in [2.75, 3.05) is 5.73 Å². The highest BCUT2D eigenvalue weighted by Crippen LogP contribution is 2.23. The average molecular weight is 288 g/mol. The molecule has 0 bridgehead atoms. The van der Waals surface area contributed by atoms with Crippen LogP contribution in [0.25, 0.3) is 11.5 Å². The van der Waals surface area contributed by atoms with Crippen LogP contribution in [0, 0.1) is 23.7 Å². The van der Waals surface area contributed by atoms with Crippen LogP contribution in [0.15, 0.2) is 59.2 Å². The van der Waals surface area contributed by atoms with Crippen molar-refractivity contribution in [2.45, 2.75) is 0 Å². The molecule has 0 aliphatic carbocycles. The quantitative estimate of drug-likeness (QED) is 0.695. The molecule has 0 fully saturated rings. The van der Waals surface area contributed by atoms with Crippen LogP contribution in [0.2, 0.25) is 0 Å². The molecule has 2 heterocycles. The van der Waals surface area contributed by atoms with Crippen LogP contribution >= 0.6 is 0 Å². The lowest BCUT2D eigenvalue weighted by atomic mass is 10.1. The summed E-state index contributed by atoms with van der Waals surface area (Å²) < 4.78 is 5.15. The molecule has 3 rings (SSSR count). The molecule has 2 N–H and O–H groups in total. The minimum atomic E-state index is 0.0124. The number of nitrogens with two attached hydrogens (primary N) is 1. The summed E-state index contributed by atoms with van der Waals surface area (Å²) in [5.74, 6) is 2.74. The lowest BCUT2D eigenvalue weighted by molar-refractivity contribution is 0.579. The van der Waals surface area contributed by atoms with Gasteiger partial charge in [-0.3, -0.25) is 0 Å². The molecule has 22 heavy (non-hydrogen) atoms. The summed E-state index contributed by atoms with van der Waals surface area (Å²) in [5, 5.41) is 9.01. The Balaban J connectivity index is 0.000000246. The number of nitrogens with zero attached hydrogens (tertiary/aromatic N) is 3. The highest BCUT2D eigenvalue weighted by atomic mass is 16.3. The Labute approximate surface area is 128 Å². The first kappa shape index (κ1) is 14.8. The highest BCUT2D eigenvalue weighted by molar-refractivity contribution is 5.66. The first-order valence-corrected chi connectivity index (χ1v) is 6.34. The summed E-state index contributed by atoms with van der Waals surface area (Å²) >= 11 is 0. The van der Waals surface area contributed by atoms with Crippen molar-refractivity contribution in [1.82, 2.24) is 9.97 Å². The van der Waals surface area contributed by atoms with E-state index in [4.69, 9.17) is 21.8 Å². The lowest BCUT2D eigenvalue weighted by Crippen LogP contribution is -2.02.